The summed E-state index contributed by atoms with van der Waals surface area (Å²) in [6, 6.07) is 9.07. The number of nitrogens with zero attached hydrogens (tertiary/aromatic N) is 1. The maximum absolute atomic E-state index is 12.1. The van der Waals surface area contributed by atoms with Crippen molar-refractivity contribution in [1.29, 1.82) is 0 Å². The van der Waals surface area contributed by atoms with Gasteiger partial charge < -0.3 is 10.5 Å². The summed E-state index contributed by atoms with van der Waals surface area (Å²) in [5.41, 5.74) is 7.58. The van der Waals surface area contributed by atoms with Crippen molar-refractivity contribution in [3.8, 4) is 16.9 Å². The van der Waals surface area contributed by atoms with E-state index in [0.717, 1.165) is 5.69 Å². The molecule has 2 aromatic rings. The van der Waals surface area contributed by atoms with Crippen LogP contribution in [0.1, 0.15) is 5.69 Å². The monoisotopic (exact) mass is 268 g/mol. The summed E-state index contributed by atoms with van der Waals surface area (Å²) in [6.07, 6.45) is -4.71. The first-order chi connectivity index (χ1) is 8.85. The predicted molar refractivity (Wildman–Crippen MR) is 65.5 cm³/mol. The third kappa shape index (κ3) is 3.37. The van der Waals surface area contributed by atoms with Gasteiger partial charge in [0.1, 0.15) is 11.6 Å². The Morgan fingerprint density at radius 1 is 1.16 bits per heavy atom. The molecule has 2 rings (SSSR count). The molecule has 3 nitrogen and oxygen atoms in total. The molecule has 0 unspecified atom stereocenters. The van der Waals surface area contributed by atoms with Crippen LogP contribution in [0.2, 0.25) is 0 Å². The van der Waals surface area contributed by atoms with Crippen molar-refractivity contribution < 1.29 is 17.9 Å². The van der Waals surface area contributed by atoms with Gasteiger partial charge >= 0.3 is 6.36 Å². The van der Waals surface area contributed by atoms with Crippen LogP contribution in [-0.4, -0.2) is 11.3 Å². The fraction of sp³-hybridized carbons (Fsp3) is 0.154. The molecule has 0 radical (unpaired) electrons. The van der Waals surface area contributed by atoms with Gasteiger partial charge in [-0.1, -0.05) is 12.1 Å². The van der Waals surface area contributed by atoms with Crippen molar-refractivity contribution in [2.75, 3.05) is 5.73 Å². The average Bonchev–Trinajstić information content (AvgIpc) is 2.26. The van der Waals surface area contributed by atoms with E-state index >= 15 is 0 Å². The Morgan fingerprint density at radius 2 is 1.89 bits per heavy atom. The molecular formula is C13H11F3N2O. The molecule has 2 N–H and O–H groups in total. The second-order valence-electron chi connectivity index (χ2n) is 3.96. The van der Waals surface area contributed by atoms with Gasteiger partial charge in [-0.3, -0.25) is 0 Å². The van der Waals surface area contributed by atoms with Gasteiger partial charge in [0, 0.05) is 11.3 Å². The van der Waals surface area contributed by atoms with Gasteiger partial charge in [0.2, 0.25) is 0 Å². The zero-order valence-corrected chi connectivity index (χ0v) is 10.0. The molecule has 0 saturated heterocycles. The number of aromatic nitrogens is 1. The maximum Gasteiger partial charge on any atom is 0.573 e. The van der Waals surface area contributed by atoms with Crippen molar-refractivity contribution in [3.63, 3.8) is 0 Å². The Hall–Kier alpha value is -2.24. The minimum Gasteiger partial charge on any atom is -0.406 e. The predicted octanol–water partition coefficient (Wildman–Crippen LogP) is 3.54. The van der Waals surface area contributed by atoms with Crippen molar-refractivity contribution in [2.24, 2.45) is 0 Å². The number of rotatable bonds is 2. The lowest BCUT2D eigenvalue weighted by molar-refractivity contribution is -0.274. The normalized spacial score (nSPS) is 11.4. The Balaban J connectivity index is 2.38. The van der Waals surface area contributed by atoms with Gasteiger partial charge in [-0.25, -0.2) is 4.98 Å². The van der Waals surface area contributed by atoms with Gasteiger partial charge in [-0.15, -0.1) is 13.2 Å². The molecule has 0 aliphatic rings. The molecule has 1 heterocycles. The Morgan fingerprint density at radius 3 is 2.53 bits per heavy atom. The van der Waals surface area contributed by atoms with E-state index in [9.17, 15) is 13.2 Å². The molecule has 0 fully saturated rings. The minimum absolute atomic E-state index is 0.268. The fourth-order valence-electron chi connectivity index (χ4n) is 1.68. The van der Waals surface area contributed by atoms with Gasteiger partial charge in [0.25, 0.3) is 0 Å². The van der Waals surface area contributed by atoms with Crippen molar-refractivity contribution in [2.45, 2.75) is 13.3 Å². The topological polar surface area (TPSA) is 48.1 Å². The summed E-state index contributed by atoms with van der Waals surface area (Å²) in [6.45, 7) is 1.78. The third-order valence-electron chi connectivity index (χ3n) is 2.44. The fourth-order valence-corrected chi connectivity index (χ4v) is 1.68. The number of ether oxygens (including phenoxy) is 1. The van der Waals surface area contributed by atoms with Crippen LogP contribution in [-0.2, 0) is 0 Å². The Labute approximate surface area is 107 Å². The van der Waals surface area contributed by atoms with Crippen LogP contribution in [0.5, 0.6) is 5.75 Å². The van der Waals surface area contributed by atoms with E-state index < -0.39 is 6.36 Å². The van der Waals surface area contributed by atoms with Gasteiger partial charge in [0.05, 0.1) is 0 Å². The van der Waals surface area contributed by atoms with Gasteiger partial charge in [-0.2, -0.15) is 0 Å². The highest BCUT2D eigenvalue weighted by Crippen LogP contribution is 2.30. The lowest BCUT2D eigenvalue weighted by Gasteiger charge is -2.11. The second-order valence-corrected chi connectivity index (χ2v) is 3.96. The van der Waals surface area contributed by atoms with E-state index in [1.807, 2.05) is 0 Å². The van der Waals surface area contributed by atoms with E-state index in [1.165, 1.54) is 18.2 Å². The van der Waals surface area contributed by atoms with E-state index in [1.54, 1.807) is 25.1 Å². The number of nitrogens with two attached hydrogens (primary N) is 1. The van der Waals surface area contributed by atoms with E-state index in [-0.39, 0.29) is 11.6 Å². The van der Waals surface area contributed by atoms with Crippen LogP contribution in [0, 0.1) is 6.92 Å². The van der Waals surface area contributed by atoms with Gasteiger partial charge in [0.15, 0.2) is 0 Å². The second kappa shape index (κ2) is 4.79. The molecule has 0 bridgehead atoms. The summed E-state index contributed by atoms with van der Waals surface area (Å²) >= 11 is 0. The third-order valence-corrected chi connectivity index (χ3v) is 2.44. The summed E-state index contributed by atoms with van der Waals surface area (Å²) in [5, 5.41) is 0. The zero-order valence-electron chi connectivity index (χ0n) is 10.0. The largest absolute Gasteiger partial charge is 0.573 e. The standard InChI is InChI=1S/C13H11F3N2O/c1-8-5-6-11(12(17)18-8)9-3-2-4-10(7-9)19-13(14,15)16/h2-7H,1H3,(H2,17,18). The molecule has 0 aliphatic carbocycles. The summed E-state index contributed by atoms with van der Waals surface area (Å²) in [4.78, 5) is 4.07. The van der Waals surface area contributed by atoms with E-state index in [0.29, 0.717) is 11.1 Å². The number of alkyl halides is 3. The number of halogens is 3. The summed E-state index contributed by atoms with van der Waals surface area (Å²) in [7, 11) is 0. The highest BCUT2D eigenvalue weighted by molar-refractivity contribution is 5.74. The van der Waals surface area contributed by atoms with Crippen molar-refractivity contribution in [3.05, 3.63) is 42.1 Å². The van der Waals surface area contributed by atoms with E-state index in [2.05, 4.69) is 9.72 Å². The number of anilines is 1. The molecule has 1 aromatic heterocycles. The van der Waals surface area contributed by atoms with Crippen LogP contribution in [0.4, 0.5) is 19.0 Å². The highest BCUT2D eigenvalue weighted by Gasteiger charge is 2.31. The van der Waals surface area contributed by atoms with Crippen molar-refractivity contribution in [1.82, 2.24) is 4.98 Å². The molecule has 0 saturated carbocycles. The first kappa shape index (κ1) is 13.2. The van der Waals surface area contributed by atoms with Crippen LogP contribution in [0.3, 0.4) is 0 Å². The van der Waals surface area contributed by atoms with Crippen LogP contribution in [0.25, 0.3) is 11.1 Å². The Bertz CT molecular complexity index is 597. The molecule has 0 atom stereocenters. The first-order valence-electron chi connectivity index (χ1n) is 5.44. The molecule has 6 heteroatoms. The lowest BCUT2D eigenvalue weighted by atomic mass is 10.1. The highest BCUT2D eigenvalue weighted by atomic mass is 19.4. The zero-order chi connectivity index (χ0) is 14.0. The molecular weight excluding hydrogens is 257 g/mol. The molecule has 100 valence electrons. The maximum atomic E-state index is 12.1. The number of hydrogen-bond donors (Lipinski definition) is 1. The van der Waals surface area contributed by atoms with Crippen molar-refractivity contribution >= 4 is 5.82 Å². The number of hydrogen-bond acceptors (Lipinski definition) is 3. The van der Waals surface area contributed by atoms with Crippen LogP contribution in [0.15, 0.2) is 36.4 Å². The number of benzene rings is 1. The average molecular weight is 268 g/mol. The summed E-state index contributed by atoms with van der Waals surface area (Å²) < 4.78 is 40.3. The quantitative estimate of drug-likeness (QED) is 0.906. The number of aryl methyl sites for hydroxylation is 1. The summed E-state index contributed by atoms with van der Waals surface area (Å²) in [5.74, 6) is -0.0193. The lowest BCUT2D eigenvalue weighted by Crippen LogP contribution is -2.17. The first-order valence-corrected chi connectivity index (χ1v) is 5.44. The van der Waals surface area contributed by atoms with Crippen LogP contribution < -0.4 is 10.5 Å². The van der Waals surface area contributed by atoms with Gasteiger partial charge in [-0.05, 0) is 36.8 Å². The minimum atomic E-state index is -4.71. The molecule has 19 heavy (non-hydrogen) atoms. The number of pyridine rings is 1. The smallest absolute Gasteiger partial charge is 0.406 e. The molecule has 0 amide bonds. The Kier molecular flexibility index (Phi) is 3.33. The molecule has 1 aromatic carbocycles. The molecule has 0 spiro atoms. The molecule has 0 aliphatic heterocycles. The van der Waals surface area contributed by atoms with E-state index in [4.69, 9.17) is 5.73 Å². The van der Waals surface area contributed by atoms with Crippen LogP contribution >= 0.6 is 0 Å². The SMILES string of the molecule is Cc1ccc(-c2cccc(OC(F)(F)F)c2)c(N)n1. The number of nitrogen functional groups attached to an aromatic ring is 1.